The number of tetrazole rings is 1. The Morgan fingerprint density at radius 2 is 2.28 bits per heavy atom. The number of nitrogens with zero attached hydrogens (tertiary/aromatic N) is 4. The van der Waals surface area contributed by atoms with E-state index in [9.17, 15) is 9.18 Å². The van der Waals surface area contributed by atoms with Gasteiger partial charge >= 0.3 is 0 Å². The van der Waals surface area contributed by atoms with Crippen molar-refractivity contribution in [2.45, 2.75) is 12.8 Å². The molecule has 6 nitrogen and oxygen atoms in total. The largest absolute Gasteiger partial charge is 0.323 e. The van der Waals surface area contributed by atoms with Gasteiger partial charge in [-0.2, -0.15) is 0 Å². The minimum Gasteiger partial charge on any atom is -0.323 e. The SMILES string of the molecule is O=C(Nc1cc(-n2cnnn2)ccc1F)C1CC1. The lowest BCUT2D eigenvalue weighted by molar-refractivity contribution is -0.117. The van der Waals surface area contributed by atoms with E-state index in [4.69, 9.17) is 0 Å². The molecule has 1 amide bonds. The van der Waals surface area contributed by atoms with Crippen molar-refractivity contribution >= 4 is 11.6 Å². The second kappa shape index (κ2) is 4.17. The van der Waals surface area contributed by atoms with Crippen LogP contribution in [0, 0.1) is 11.7 Å². The lowest BCUT2D eigenvalue weighted by atomic mass is 10.2. The first-order valence-electron chi connectivity index (χ1n) is 5.58. The van der Waals surface area contributed by atoms with Gasteiger partial charge in [-0.25, -0.2) is 9.07 Å². The minimum absolute atomic E-state index is 0.0288. The molecule has 1 fully saturated rings. The van der Waals surface area contributed by atoms with Crippen LogP contribution in [-0.4, -0.2) is 26.1 Å². The Balaban J connectivity index is 1.88. The van der Waals surface area contributed by atoms with Crippen molar-refractivity contribution < 1.29 is 9.18 Å². The third kappa shape index (κ3) is 2.06. The molecule has 1 N–H and O–H groups in total. The quantitative estimate of drug-likeness (QED) is 0.883. The molecule has 1 saturated carbocycles. The number of halogens is 1. The average molecular weight is 247 g/mol. The van der Waals surface area contributed by atoms with E-state index in [1.54, 1.807) is 6.07 Å². The average Bonchev–Trinajstić information content (AvgIpc) is 3.08. The van der Waals surface area contributed by atoms with Gasteiger partial charge in [0.05, 0.1) is 11.4 Å². The highest BCUT2D eigenvalue weighted by Gasteiger charge is 2.30. The topological polar surface area (TPSA) is 72.7 Å². The highest BCUT2D eigenvalue weighted by molar-refractivity contribution is 5.94. The zero-order valence-corrected chi connectivity index (χ0v) is 9.38. The van der Waals surface area contributed by atoms with Gasteiger partial charge in [-0.05, 0) is 41.5 Å². The second-order valence-electron chi connectivity index (χ2n) is 4.18. The molecule has 0 spiro atoms. The predicted molar refractivity (Wildman–Crippen MR) is 60.5 cm³/mol. The summed E-state index contributed by atoms with van der Waals surface area (Å²) in [5.41, 5.74) is 0.743. The van der Waals surface area contributed by atoms with Crippen LogP contribution in [0.4, 0.5) is 10.1 Å². The van der Waals surface area contributed by atoms with Crippen molar-refractivity contribution in [2.24, 2.45) is 5.92 Å². The predicted octanol–water partition coefficient (Wildman–Crippen LogP) is 1.15. The fraction of sp³-hybridized carbons (Fsp3) is 0.273. The minimum atomic E-state index is -0.471. The molecule has 2 aromatic rings. The van der Waals surface area contributed by atoms with Crippen molar-refractivity contribution in [3.05, 3.63) is 30.3 Å². The fourth-order valence-corrected chi connectivity index (χ4v) is 1.61. The smallest absolute Gasteiger partial charge is 0.227 e. The zero-order chi connectivity index (χ0) is 12.5. The molecule has 0 aliphatic heterocycles. The lowest BCUT2D eigenvalue weighted by Crippen LogP contribution is -2.14. The Morgan fingerprint density at radius 3 is 2.94 bits per heavy atom. The molecular formula is C11H10FN5O. The molecule has 0 unspecified atom stereocenters. The molecule has 1 heterocycles. The Kier molecular flexibility index (Phi) is 2.51. The summed E-state index contributed by atoms with van der Waals surface area (Å²) < 4.78 is 15.0. The van der Waals surface area contributed by atoms with E-state index in [0.717, 1.165) is 12.8 Å². The molecule has 3 rings (SSSR count). The van der Waals surface area contributed by atoms with Crippen LogP contribution in [0.5, 0.6) is 0 Å². The number of carbonyl (C=O) groups excluding carboxylic acids is 1. The van der Waals surface area contributed by atoms with Crippen molar-refractivity contribution in [1.29, 1.82) is 0 Å². The van der Waals surface area contributed by atoms with Crippen molar-refractivity contribution in [2.75, 3.05) is 5.32 Å². The Morgan fingerprint density at radius 1 is 1.44 bits per heavy atom. The van der Waals surface area contributed by atoms with Crippen LogP contribution in [0.3, 0.4) is 0 Å². The first-order chi connectivity index (χ1) is 8.74. The molecule has 18 heavy (non-hydrogen) atoms. The maximum atomic E-state index is 13.6. The van der Waals surface area contributed by atoms with E-state index in [1.165, 1.54) is 23.1 Å². The molecule has 0 radical (unpaired) electrons. The number of amides is 1. The number of benzene rings is 1. The second-order valence-corrected chi connectivity index (χ2v) is 4.18. The summed E-state index contributed by atoms with van der Waals surface area (Å²) in [7, 11) is 0. The molecule has 1 aliphatic rings. The van der Waals surface area contributed by atoms with Gasteiger partial charge in [0, 0.05) is 5.92 Å². The van der Waals surface area contributed by atoms with Gasteiger partial charge in [0.25, 0.3) is 0 Å². The van der Waals surface area contributed by atoms with Crippen molar-refractivity contribution in [3.63, 3.8) is 0 Å². The zero-order valence-electron chi connectivity index (χ0n) is 9.38. The van der Waals surface area contributed by atoms with Crippen LogP contribution in [-0.2, 0) is 4.79 Å². The van der Waals surface area contributed by atoms with Gasteiger partial charge in [0.1, 0.15) is 12.1 Å². The van der Waals surface area contributed by atoms with Crippen molar-refractivity contribution in [1.82, 2.24) is 20.2 Å². The van der Waals surface area contributed by atoms with E-state index in [-0.39, 0.29) is 17.5 Å². The number of hydrogen-bond acceptors (Lipinski definition) is 4. The first-order valence-corrected chi connectivity index (χ1v) is 5.58. The van der Waals surface area contributed by atoms with Gasteiger partial charge < -0.3 is 5.32 Å². The lowest BCUT2D eigenvalue weighted by Gasteiger charge is -2.07. The molecule has 1 aromatic heterocycles. The van der Waals surface area contributed by atoms with Crippen LogP contribution in [0.25, 0.3) is 5.69 Å². The van der Waals surface area contributed by atoms with E-state index in [2.05, 4.69) is 20.8 Å². The Hall–Kier alpha value is -2.31. The highest BCUT2D eigenvalue weighted by atomic mass is 19.1. The number of rotatable bonds is 3. The standard InChI is InChI=1S/C11H10FN5O/c12-9-4-3-8(17-6-13-15-16-17)5-10(9)14-11(18)7-1-2-7/h3-7H,1-2H2,(H,14,18). The number of nitrogens with one attached hydrogen (secondary N) is 1. The molecule has 7 heteroatoms. The summed E-state index contributed by atoms with van der Waals surface area (Å²) in [5.74, 6) is -0.579. The summed E-state index contributed by atoms with van der Waals surface area (Å²) in [4.78, 5) is 11.6. The highest BCUT2D eigenvalue weighted by Crippen LogP contribution is 2.30. The third-order valence-corrected chi connectivity index (χ3v) is 2.77. The molecule has 1 aliphatic carbocycles. The van der Waals surface area contributed by atoms with Crippen LogP contribution < -0.4 is 5.32 Å². The maximum Gasteiger partial charge on any atom is 0.227 e. The van der Waals surface area contributed by atoms with Gasteiger partial charge in [0.2, 0.25) is 5.91 Å². The number of aromatic nitrogens is 4. The van der Waals surface area contributed by atoms with Crippen LogP contribution in [0.2, 0.25) is 0 Å². The van der Waals surface area contributed by atoms with Gasteiger partial charge in [-0.3, -0.25) is 4.79 Å². The summed E-state index contributed by atoms with van der Waals surface area (Å²) in [6.45, 7) is 0. The van der Waals surface area contributed by atoms with Gasteiger partial charge in [0.15, 0.2) is 0 Å². The van der Waals surface area contributed by atoms with E-state index < -0.39 is 5.82 Å². The van der Waals surface area contributed by atoms with E-state index >= 15 is 0 Å². The molecule has 0 bridgehead atoms. The van der Waals surface area contributed by atoms with Gasteiger partial charge in [-0.15, -0.1) is 5.10 Å². The maximum absolute atomic E-state index is 13.6. The molecule has 92 valence electrons. The normalized spacial score (nSPS) is 14.5. The number of hydrogen-bond donors (Lipinski definition) is 1. The van der Waals surface area contributed by atoms with Crippen LogP contribution in [0.15, 0.2) is 24.5 Å². The number of carbonyl (C=O) groups is 1. The first kappa shape index (κ1) is 10.8. The Bertz CT molecular complexity index is 579. The number of anilines is 1. The van der Waals surface area contributed by atoms with Gasteiger partial charge in [-0.1, -0.05) is 0 Å². The van der Waals surface area contributed by atoms with Crippen LogP contribution in [0.1, 0.15) is 12.8 Å². The summed E-state index contributed by atoms with van der Waals surface area (Å²) in [5, 5.41) is 13.3. The monoisotopic (exact) mass is 247 g/mol. The summed E-state index contributed by atoms with van der Waals surface area (Å²) in [6, 6.07) is 4.32. The van der Waals surface area contributed by atoms with E-state index in [0.29, 0.717) is 5.69 Å². The summed E-state index contributed by atoms with van der Waals surface area (Å²) in [6.07, 6.45) is 3.15. The third-order valence-electron chi connectivity index (χ3n) is 2.77. The molecule has 1 aromatic carbocycles. The molecule has 0 atom stereocenters. The molecule has 0 saturated heterocycles. The summed E-state index contributed by atoms with van der Waals surface area (Å²) >= 11 is 0. The van der Waals surface area contributed by atoms with E-state index in [1.807, 2.05) is 0 Å². The Labute approximate surface area is 102 Å². The molecular weight excluding hydrogens is 237 g/mol. The fourth-order valence-electron chi connectivity index (χ4n) is 1.61. The van der Waals surface area contributed by atoms with Crippen molar-refractivity contribution in [3.8, 4) is 5.69 Å². The van der Waals surface area contributed by atoms with Crippen LogP contribution >= 0.6 is 0 Å².